The van der Waals surface area contributed by atoms with Gasteiger partial charge in [-0.25, -0.2) is 0 Å². The van der Waals surface area contributed by atoms with Gasteiger partial charge in [0.05, 0.1) is 16.0 Å². The lowest BCUT2D eigenvalue weighted by Crippen LogP contribution is -2.11. The van der Waals surface area contributed by atoms with Crippen molar-refractivity contribution in [3.05, 3.63) is 46.6 Å². The molecule has 3 aromatic rings. The smallest absolute Gasteiger partial charge is 0.196 e. The zero-order valence-electron chi connectivity index (χ0n) is 13.3. The number of halogens is 6. The summed E-state index contributed by atoms with van der Waals surface area (Å²) in [4.78, 5) is 0.618. The number of hydrogen-bond donors (Lipinski definition) is 1. The van der Waals surface area contributed by atoms with Gasteiger partial charge < -0.3 is 0 Å². The van der Waals surface area contributed by atoms with Crippen molar-refractivity contribution in [3.8, 4) is 27.1 Å². The number of aromatic amines is 1. The molecule has 0 bridgehead atoms. The van der Waals surface area contributed by atoms with Gasteiger partial charge in [0.15, 0.2) is 5.69 Å². The third kappa shape index (κ3) is 3.66. The van der Waals surface area contributed by atoms with E-state index in [1.807, 2.05) is 0 Å². The van der Waals surface area contributed by atoms with Gasteiger partial charge in [-0.1, -0.05) is 0 Å². The number of aryl methyl sites for hydroxylation is 1. The van der Waals surface area contributed by atoms with E-state index in [1.54, 1.807) is 13.0 Å². The van der Waals surface area contributed by atoms with Gasteiger partial charge in [0.25, 0.3) is 0 Å². The first kappa shape index (κ1) is 18.9. The molecule has 11 heteroatoms. The Labute approximate surface area is 152 Å². The molecule has 2 heterocycles. The predicted octanol–water partition coefficient (Wildman–Crippen LogP) is 5.42. The van der Waals surface area contributed by atoms with Gasteiger partial charge in [-0.05, 0) is 42.3 Å². The highest BCUT2D eigenvalue weighted by Crippen LogP contribution is 2.43. The maximum absolute atomic E-state index is 13.1. The molecule has 0 aliphatic rings. The molecule has 0 fully saturated rings. The molecule has 1 N–H and O–H groups in total. The Morgan fingerprint density at radius 3 is 2.07 bits per heavy atom. The Kier molecular flexibility index (Phi) is 4.47. The lowest BCUT2D eigenvalue weighted by atomic mass is 10.0. The molecule has 0 radical (unpaired) electrons. The first-order valence-electron chi connectivity index (χ1n) is 7.22. The molecule has 0 unspecified atom stereocenters. The van der Waals surface area contributed by atoms with Crippen LogP contribution in [-0.4, -0.2) is 15.4 Å². The van der Waals surface area contributed by atoms with E-state index in [4.69, 9.17) is 5.26 Å². The van der Waals surface area contributed by atoms with Crippen molar-refractivity contribution in [2.24, 2.45) is 0 Å². The Balaban J connectivity index is 2.18. The number of aromatic nitrogens is 3. The summed E-state index contributed by atoms with van der Waals surface area (Å²) in [5.74, 6) is 0. The Morgan fingerprint density at radius 1 is 0.963 bits per heavy atom. The molecule has 2 aromatic heterocycles. The van der Waals surface area contributed by atoms with Crippen LogP contribution in [0.2, 0.25) is 0 Å². The van der Waals surface area contributed by atoms with E-state index < -0.39 is 23.5 Å². The lowest BCUT2D eigenvalue weighted by Gasteiger charge is -2.14. The molecule has 0 spiro atoms. The van der Waals surface area contributed by atoms with Gasteiger partial charge in [0.1, 0.15) is 11.8 Å². The topological polar surface area (TPSA) is 65.4 Å². The van der Waals surface area contributed by atoms with Crippen molar-refractivity contribution in [1.82, 2.24) is 15.4 Å². The average Bonchev–Trinajstić information content (AvgIpc) is 3.18. The molecule has 0 aliphatic carbocycles. The normalized spacial score (nSPS) is 12.2. The molecular weight excluding hydrogens is 394 g/mol. The van der Waals surface area contributed by atoms with Crippen LogP contribution in [0.1, 0.15) is 22.4 Å². The first-order valence-corrected chi connectivity index (χ1v) is 8.04. The summed E-state index contributed by atoms with van der Waals surface area (Å²) in [5, 5.41) is 18.7. The van der Waals surface area contributed by atoms with E-state index in [0.29, 0.717) is 22.6 Å². The van der Waals surface area contributed by atoms with Crippen LogP contribution in [0.4, 0.5) is 26.3 Å². The average molecular weight is 402 g/mol. The van der Waals surface area contributed by atoms with E-state index in [9.17, 15) is 26.3 Å². The number of alkyl halides is 6. The third-order valence-corrected chi connectivity index (χ3v) is 4.95. The Bertz CT molecular complexity index is 1010. The van der Waals surface area contributed by atoms with Crippen molar-refractivity contribution >= 4 is 11.3 Å². The zero-order valence-corrected chi connectivity index (χ0v) is 14.1. The van der Waals surface area contributed by atoms with E-state index in [0.717, 1.165) is 11.3 Å². The highest BCUT2D eigenvalue weighted by molar-refractivity contribution is 7.19. The molecule has 140 valence electrons. The quantitative estimate of drug-likeness (QED) is 0.583. The van der Waals surface area contributed by atoms with Gasteiger partial charge in [-0.2, -0.15) is 41.9 Å². The molecule has 27 heavy (non-hydrogen) atoms. The lowest BCUT2D eigenvalue weighted by molar-refractivity contribution is -0.143. The monoisotopic (exact) mass is 402 g/mol. The summed E-state index contributed by atoms with van der Waals surface area (Å²) in [6.07, 6.45) is -9.85. The highest BCUT2D eigenvalue weighted by atomic mass is 32.1. The highest BCUT2D eigenvalue weighted by Gasteiger charge is 2.37. The van der Waals surface area contributed by atoms with Crippen LogP contribution >= 0.6 is 11.3 Å². The number of nitriles is 1. The summed E-state index contributed by atoms with van der Waals surface area (Å²) in [5.41, 5.74) is -2.38. The maximum Gasteiger partial charge on any atom is 0.416 e. The summed E-state index contributed by atoms with van der Waals surface area (Å²) in [6.45, 7) is 1.55. The molecule has 1 aromatic carbocycles. The summed E-state index contributed by atoms with van der Waals surface area (Å²) in [6, 6.07) is 4.77. The van der Waals surface area contributed by atoms with E-state index >= 15 is 0 Å². The largest absolute Gasteiger partial charge is 0.416 e. The number of hydrogen-bond acceptors (Lipinski definition) is 4. The van der Waals surface area contributed by atoms with Crippen LogP contribution in [0.15, 0.2) is 24.3 Å². The van der Waals surface area contributed by atoms with Crippen LogP contribution in [0.5, 0.6) is 0 Å². The summed E-state index contributed by atoms with van der Waals surface area (Å²) in [7, 11) is 0. The van der Waals surface area contributed by atoms with Crippen molar-refractivity contribution in [1.29, 1.82) is 5.26 Å². The van der Waals surface area contributed by atoms with Crippen LogP contribution < -0.4 is 0 Å². The van der Waals surface area contributed by atoms with Crippen LogP contribution in [-0.2, 0) is 12.4 Å². The molecule has 3 rings (SSSR count). The third-order valence-electron chi connectivity index (χ3n) is 3.65. The molecular formula is C16H8F6N4S. The minimum absolute atomic E-state index is 0.0252. The van der Waals surface area contributed by atoms with Crippen LogP contribution in [0.3, 0.4) is 0 Å². The van der Waals surface area contributed by atoms with Gasteiger partial charge in [0.2, 0.25) is 0 Å². The number of H-pyrrole nitrogens is 1. The van der Waals surface area contributed by atoms with Gasteiger partial charge >= 0.3 is 12.4 Å². The fourth-order valence-corrected chi connectivity index (χ4v) is 3.60. The summed E-state index contributed by atoms with van der Waals surface area (Å²) < 4.78 is 78.3. The molecule has 0 amide bonds. The van der Waals surface area contributed by atoms with Gasteiger partial charge in [-0.3, -0.25) is 0 Å². The van der Waals surface area contributed by atoms with Crippen molar-refractivity contribution in [2.45, 2.75) is 19.3 Å². The van der Waals surface area contributed by atoms with Gasteiger partial charge in [0, 0.05) is 4.88 Å². The van der Waals surface area contributed by atoms with Crippen molar-refractivity contribution < 1.29 is 26.3 Å². The first-order chi connectivity index (χ1) is 12.5. The minimum atomic E-state index is -4.93. The van der Waals surface area contributed by atoms with Crippen molar-refractivity contribution in [3.63, 3.8) is 0 Å². The number of nitrogens with zero attached hydrogens (tertiary/aromatic N) is 3. The standard InChI is InChI=1S/C16H8F6N4S/c1-7-2-12(13-11(6-23)24-26-25-13)27-14(7)8-3-9(15(17,18)19)5-10(4-8)16(20,21)22/h2-5H,1H3,(H,24,25,26). The zero-order chi connectivity index (χ0) is 20.0. The Hall–Kier alpha value is -2.87. The Morgan fingerprint density at radius 2 is 1.56 bits per heavy atom. The molecule has 0 saturated heterocycles. The minimum Gasteiger partial charge on any atom is -0.196 e. The second kappa shape index (κ2) is 6.38. The second-order valence-corrected chi connectivity index (χ2v) is 6.60. The molecule has 0 saturated carbocycles. The number of rotatable bonds is 2. The SMILES string of the molecule is Cc1cc(-c2n[nH]nc2C#N)sc1-c1cc(C(F)(F)F)cc(C(F)(F)F)c1. The van der Waals surface area contributed by atoms with E-state index in [-0.39, 0.29) is 27.9 Å². The number of nitrogens with one attached hydrogen (secondary N) is 1. The predicted molar refractivity (Wildman–Crippen MR) is 84.6 cm³/mol. The fraction of sp³-hybridized carbons (Fsp3) is 0.188. The van der Waals surface area contributed by atoms with Crippen LogP contribution in [0, 0.1) is 18.3 Å². The van der Waals surface area contributed by atoms with Crippen molar-refractivity contribution in [2.75, 3.05) is 0 Å². The summed E-state index contributed by atoms with van der Waals surface area (Å²) >= 11 is 0.930. The maximum atomic E-state index is 13.1. The van der Waals surface area contributed by atoms with Gasteiger partial charge in [-0.15, -0.1) is 16.4 Å². The molecule has 0 atom stereocenters. The van der Waals surface area contributed by atoms with E-state index in [1.165, 1.54) is 6.07 Å². The van der Waals surface area contributed by atoms with Crippen LogP contribution in [0.25, 0.3) is 21.0 Å². The number of thiophene rings is 1. The van der Waals surface area contributed by atoms with E-state index in [2.05, 4.69) is 15.4 Å². The molecule has 4 nitrogen and oxygen atoms in total. The fourth-order valence-electron chi connectivity index (χ4n) is 2.45. The second-order valence-electron chi connectivity index (χ2n) is 5.55. The number of benzene rings is 1. The molecule has 0 aliphatic heterocycles.